The van der Waals surface area contributed by atoms with Gasteiger partial charge in [-0.25, -0.2) is 4.98 Å². The van der Waals surface area contributed by atoms with Crippen molar-refractivity contribution in [2.24, 2.45) is 0 Å². The zero-order valence-electron chi connectivity index (χ0n) is 13.5. The van der Waals surface area contributed by atoms with Crippen LogP contribution in [0.1, 0.15) is 16.8 Å². The van der Waals surface area contributed by atoms with Gasteiger partial charge in [0, 0.05) is 13.1 Å². The Morgan fingerprint density at radius 2 is 1.42 bits per heavy atom. The third kappa shape index (κ3) is 4.01. The van der Waals surface area contributed by atoms with Crippen LogP contribution in [0.25, 0.3) is 0 Å². The third-order valence-electron chi connectivity index (χ3n) is 3.72. The monoisotopic (exact) mass is 320 g/mol. The van der Waals surface area contributed by atoms with Crippen LogP contribution in [0.4, 0.5) is 11.6 Å². The summed E-state index contributed by atoms with van der Waals surface area (Å²) in [5.74, 6) is 0.478. The van der Waals surface area contributed by atoms with Crippen LogP contribution >= 0.6 is 0 Å². The van der Waals surface area contributed by atoms with Crippen LogP contribution < -0.4 is 16.2 Å². The molecule has 24 heavy (non-hydrogen) atoms. The van der Waals surface area contributed by atoms with Crippen molar-refractivity contribution in [3.05, 3.63) is 87.8 Å². The summed E-state index contributed by atoms with van der Waals surface area (Å²) in [5, 5.41) is 6.31. The molecule has 122 valence electrons. The number of aromatic nitrogens is 2. The second kappa shape index (κ2) is 7.46. The first-order valence-electron chi connectivity index (χ1n) is 7.89. The molecule has 0 spiro atoms. The molecule has 5 nitrogen and oxygen atoms in total. The average Bonchev–Trinajstić information content (AvgIpc) is 2.61. The molecule has 0 bridgehead atoms. The summed E-state index contributed by atoms with van der Waals surface area (Å²) in [6.07, 6.45) is 0. The summed E-state index contributed by atoms with van der Waals surface area (Å²) in [6, 6.07) is 19.9. The molecular weight excluding hydrogens is 300 g/mol. The fourth-order valence-electron chi connectivity index (χ4n) is 2.45. The zero-order chi connectivity index (χ0) is 16.8. The van der Waals surface area contributed by atoms with E-state index in [9.17, 15) is 4.79 Å². The number of benzene rings is 2. The Morgan fingerprint density at radius 3 is 1.96 bits per heavy atom. The quantitative estimate of drug-likeness (QED) is 0.652. The van der Waals surface area contributed by atoms with Gasteiger partial charge in [0.2, 0.25) is 5.95 Å². The number of hydrogen-bond donors (Lipinski definition) is 3. The van der Waals surface area contributed by atoms with Crippen molar-refractivity contribution in [2.45, 2.75) is 20.0 Å². The lowest BCUT2D eigenvalue weighted by atomic mass is 10.2. The first kappa shape index (κ1) is 15.8. The van der Waals surface area contributed by atoms with E-state index in [1.807, 2.05) is 67.6 Å². The summed E-state index contributed by atoms with van der Waals surface area (Å²) in [6.45, 7) is 3.03. The van der Waals surface area contributed by atoms with E-state index in [0.717, 1.165) is 11.1 Å². The zero-order valence-corrected chi connectivity index (χ0v) is 13.5. The standard InChI is InChI=1S/C19H20N4O/c1-14-17(20-12-15-8-4-2-5-9-15)18(24)23-19(22-14)21-13-16-10-6-3-7-11-16/h2-11,20H,12-13H2,1H3,(H2,21,22,23,24). The van der Waals surface area contributed by atoms with E-state index in [1.54, 1.807) is 0 Å². The first-order chi connectivity index (χ1) is 11.7. The van der Waals surface area contributed by atoms with Gasteiger partial charge in [-0.3, -0.25) is 9.78 Å². The molecule has 0 saturated heterocycles. The molecule has 0 amide bonds. The molecule has 0 radical (unpaired) electrons. The van der Waals surface area contributed by atoms with Crippen molar-refractivity contribution in [3.63, 3.8) is 0 Å². The van der Waals surface area contributed by atoms with Gasteiger partial charge in [-0.15, -0.1) is 0 Å². The van der Waals surface area contributed by atoms with Crippen LogP contribution in [0, 0.1) is 6.92 Å². The van der Waals surface area contributed by atoms with Crippen molar-refractivity contribution in [3.8, 4) is 0 Å². The molecule has 0 aliphatic rings. The van der Waals surface area contributed by atoms with Crippen LogP contribution in [-0.4, -0.2) is 9.97 Å². The lowest BCUT2D eigenvalue weighted by molar-refractivity contribution is 0.995. The summed E-state index contributed by atoms with van der Waals surface area (Å²) in [5.41, 5.74) is 3.25. The molecule has 0 fully saturated rings. The predicted molar refractivity (Wildman–Crippen MR) is 97.1 cm³/mol. The Bertz CT molecular complexity index is 844. The van der Waals surface area contributed by atoms with Gasteiger partial charge in [0.05, 0.1) is 5.69 Å². The van der Waals surface area contributed by atoms with Gasteiger partial charge in [0.1, 0.15) is 5.69 Å². The van der Waals surface area contributed by atoms with Gasteiger partial charge in [-0.05, 0) is 18.1 Å². The Kier molecular flexibility index (Phi) is 4.91. The highest BCUT2D eigenvalue weighted by molar-refractivity contribution is 5.48. The molecule has 2 aromatic carbocycles. The number of aromatic amines is 1. The molecule has 0 aliphatic heterocycles. The average molecular weight is 320 g/mol. The molecule has 0 saturated carbocycles. The fraction of sp³-hybridized carbons (Fsp3) is 0.158. The van der Waals surface area contributed by atoms with Crippen LogP contribution in [-0.2, 0) is 13.1 Å². The Morgan fingerprint density at radius 1 is 0.875 bits per heavy atom. The van der Waals surface area contributed by atoms with Gasteiger partial charge in [0.25, 0.3) is 5.56 Å². The smallest absolute Gasteiger partial charge is 0.275 e. The van der Waals surface area contributed by atoms with Crippen molar-refractivity contribution < 1.29 is 0 Å². The van der Waals surface area contributed by atoms with Gasteiger partial charge in [0.15, 0.2) is 0 Å². The third-order valence-corrected chi connectivity index (χ3v) is 3.72. The van der Waals surface area contributed by atoms with Crippen LogP contribution in [0.5, 0.6) is 0 Å². The largest absolute Gasteiger partial charge is 0.375 e. The Hall–Kier alpha value is -3.08. The van der Waals surface area contributed by atoms with Crippen LogP contribution in [0.2, 0.25) is 0 Å². The lowest BCUT2D eigenvalue weighted by Crippen LogP contribution is -2.19. The number of nitrogens with zero attached hydrogens (tertiary/aromatic N) is 1. The maximum atomic E-state index is 12.3. The highest BCUT2D eigenvalue weighted by Crippen LogP contribution is 2.10. The summed E-state index contributed by atoms with van der Waals surface area (Å²) in [7, 11) is 0. The number of hydrogen-bond acceptors (Lipinski definition) is 4. The molecule has 3 N–H and O–H groups in total. The highest BCUT2D eigenvalue weighted by Gasteiger charge is 2.07. The molecule has 3 rings (SSSR count). The predicted octanol–water partition coefficient (Wildman–Crippen LogP) is 3.30. The van der Waals surface area contributed by atoms with E-state index < -0.39 is 0 Å². The van der Waals surface area contributed by atoms with Gasteiger partial charge < -0.3 is 10.6 Å². The normalized spacial score (nSPS) is 10.4. The number of aryl methyl sites for hydroxylation is 1. The fourth-order valence-corrected chi connectivity index (χ4v) is 2.45. The minimum absolute atomic E-state index is 0.172. The van der Waals surface area contributed by atoms with E-state index in [0.29, 0.717) is 30.4 Å². The minimum atomic E-state index is -0.172. The first-order valence-corrected chi connectivity index (χ1v) is 7.89. The lowest BCUT2D eigenvalue weighted by Gasteiger charge is -2.11. The van der Waals surface area contributed by atoms with Gasteiger partial charge in [-0.2, -0.15) is 0 Å². The molecule has 0 unspecified atom stereocenters. The number of H-pyrrole nitrogens is 1. The van der Waals surface area contributed by atoms with Crippen molar-refractivity contribution in [1.82, 2.24) is 9.97 Å². The molecule has 0 aliphatic carbocycles. The molecule has 0 atom stereocenters. The number of nitrogens with one attached hydrogen (secondary N) is 3. The van der Waals surface area contributed by atoms with Crippen LogP contribution in [0.15, 0.2) is 65.5 Å². The Labute approximate surface area is 140 Å². The SMILES string of the molecule is Cc1nc(NCc2ccccc2)[nH]c(=O)c1NCc1ccccc1. The highest BCUT2D eigenvalue weighted by atomic mass is 16.1. The van der Waals surface area contributed by atoms with Crippen molar-refractivity contribution in [1.29, 1.82) is 0 Å². The number of rotatable bonds is 6. The number of anilines is 2. The minimum Gasteiger partial charge on any atom is -0.375 e. The van der Waals surface area contributed by atoms with E-state index in [1.165, 1.54) is 0 Å². The summed E-state index contributed by atoms with van der Waals surface area (Å²) >= 11 is 0. The molecule has 1 aromatic heterocycles. The molecule has 5 heteroatoms. The van der Waals surface area contributed by atoms with Gasteiger partial charge >= 0.3 is 0 Å². The van der Waals surface area contributed by atoms with Gasteiger partial charge in [-0.1, -0.05) is 60.7 Å². The van der Waals surface area contributed by atoms with Crippen LogP contribution in [0.3, 0.4) is 0 Å². The topological polar surface area (TPSA) is 69.8 Å². The molecule has 1 heterocycles. The maximum absolute atomic E-state index is 12.3. The molecular formula is C19H20N4O. The second-order valence-electron chi connectivity index (χ2n) is 5.55. The van der Waals surface area contributed by atoms with Crippen molar-refractivity contribution >= 4 is 11.6 Å². The van der Waals surface area contributed by atoms with E-state index >= 15 is 0 Å². The van der Waals surface area contributed by atoms with Crippen molar-refractivity contribution in [2.75, 3.05) is 10.6 Å². The maximum Gasteiger partial charge on any atom is 0.275 e. The van der Waals surface area contributed by atoms with E-state index in [4.69, 9.17) is 0 Å². The molecule has 3 aromatic rings. The Balaban J connectivity index is 1.68. The van der Waals surface area contributed by atoms with E-state index in [-0.39, 0.29) is 5.56 Å². The van der Waals surface area contributed by atoms with E-state index in [2.05, 4.69) is 20.6 Å². The summed E-state index contributed by atoms with van der Waals surface area (Å²) in [4.78, 5) is 19.5. The second-order valence-corrected chi connectivity index (χ2v) is 5.55. The summed E-state index contributed by atoms with van der Waals surface area (Å²) < 4.78 is 0.